The summed E-state index contributed by atoms with van der Waals surface area (Å²) in [7, 11) is -5.17. The molecule has 0 unspecified atom stereocenters. The number of carbonyl (C=O) groups excluding carboxylic acids is 1. The largest absolute Gasteiger partial charge is 2.00 e. The van der Waals surface area contributed by atoms with Gasteiger partial charge in [0.2, 0.25) is 0 Å². The van der Waals surface area contributed by atoms with Crippen LogP contribution in [0.3, 0.4) is 0 Å². The Morgan fingerprint density at radius 1 is 1.20 bits per heavy atom. The molecule has 0 aliphatic carbocycles. The molecule has 0 rings (SSSR count). The summed E-state index contributed by atoms with van der Waals surface area (Å²) in [6, 6.07) is -0.833. The number of urea groups is 1. The third-order valence-corrected chi connectivity index (χ3v) is 0. The van der Waals surface area contributed by atoms with Crippen molar-refractivity contribution in [1.82, 2.24) is 0 Å². The van der Waals surface area contributed by atoms with Crippen molar-refractivity contribution in [2.75, 3.05) is 0 Å². The van der Waals surface area contributed by atoms with Crippen molar-refractivity contribution in [3.8, 4) is 0 Å². The normalized spacial score (nSPS) is 8.20. The molecule has 4 N–H and O–H groups in total. The van der Waals surface area contributed by atoms with Crippen LogP contribution in [-0.2, 0) is 29.9 Å². The maximum absolute atomic E-state index is 9.00. The molecule has 0 bridgehead atoms. The van der Waals surface area contributed by atoms with Crippen LogP contribution in [0.1, 0.15) is 0 Å². The average molecular weight is 222 g/mol. The molecule has 0 aromatic heterocycles. The van der Waals surface area contributed by atoms with E-state index >= 15 is 0 Å². The van der Waals surface area contributed by atoms with Crippen molar-refractivity contribution >= 4 is 16.4 Å². The van der Waals surface area contributed by atoms with Crippen molar-refractivity contribution in [3.63, 3.8) is 0 Å². The van der Waals surface area contributed by atoms with E-state index in [-0.39, 0.29) is 19.5 Å². The zero-order chi connectivity index (χ0) is 8.08. The average Bonchev–Trinajstić information content (AvgIpc) is 1.19. The molecule has 10 heavy (non-hydrogen) atoms. The summed E-state index contributed by atoms with van der Waals surface area (Å²) < 4.78 is 34.1. The second-order valence-electron chi connectivity index (χ2n) is 0.811. The van der Waals surface area contributed by atoms with Gasteiger partial charge in [0, 0.05) is 10.4 Å². The first-order chi connectivity index (χ1) is 3.73. The van der Waals surface area contributed by atoms with Crippen LogP contribution in [0.4, 0.5) is 4.79 Å². The molecule has 0 aromatic rings. The van der Waals surface area contributed by atoms with Crippen LogP contribution in [-0.4, -0.2) is 23.6 Å². The monoisotopic (exact) mass is 220 g/mol. The van der Waals surface area contributed by atoms with Crippen molar-refractivity contribution in [2.24, 2.45) is 11.5 Å². The Bertz CT molecular complexity index is 162. The van der Waals surface area contributed by atoms with Crippen LogP contribution in [0, 0.1) is 0 Å². The Kier molecular flexibility index (Phi) is 11.3. The third-order valence-electron chi connectivity index (χ3n) is 0. The van der Waals surface area contributed by atoms with Gasteiger partial charge >= 0.3 is 25.5 Å². The van der Waals surface area contributed by atoms with Crippen molar-refractivity contribution in [2.45, 2.75) is 0 Å². The summed E-state index contributed by atoms with van der Waals surface area (Å²) in [5, 5.41) is 0. The van der Waals surface area contributed by atoms with Crippen LogP contribution < -0.4 is 11.5 Å². The fourth-order valence-electron chi connectivity index (χ4n) is 0. The number of hydrogen-bond acceptors (Lipinski definition) is 5. The molecule has 0 spiro atoms. The van der Waals surface area contributed by atoms with Gasteiger partial charge < -0.3 is 20.6 Å². The quantitative estimate of drug-likeness (QED) is 0.267. The summed E-state index contributed by atoms with van der Waals surface area (Å²) in [5.41, 5.74) is 8.50. The molecule has 7 nitrogen and oxygen atoms in total. The molecule has 0 aliphatic rings. The van der Waals surface area contributed by atoms with Gasteiger partial charge in [-0.05, 0) is 0 Å². The maximum Gasteiger partial charge on any atom is 2.00 e. The maximum atomic E-state index is 9.00. The first-order valence-electron chi connectivity index (χ1n) is 1.45. The number of carbonyl (C=O) groups is 1. The van der Waals surface area contributed by atoms with Crippen molar-refractivity contribution < 1.29 is 41.8 Å². The molecule has 0 aliphatic heterocycles. The second-order valence-corrected chi connectivity index (χ2v) is 1.63. The van der Waals surface area contributed by atoms with E-state index in [1.807, 2.05) is 0 Å². The molecule has 0 saturated carbocycles. The smallest absolute Gasteiger partial charge is 0.759 e. The predicted molar refractivity (Wildman–Crippen MR) is 24.2 cm³/mol. The summed E-state index contributed by atoms with van der Waals surface area (Å²) in [6.07, 6.45) is 0. The van der Waals surface area contributed by atoms with E-state index in [1.54, 1.807) is 0 Å². The van der Waals surface area contributed by atoms with Gasteiger partial charge in [-0.15, -0.1) is 0 Å². The van der Waals surface area contributed by atoms with Gasteiger partial charge in [-0.2, -0.15) is 0 Å². The minimum Gasteiger partial charge on any atom is -0.759 e. The van der Waals surface area contributed by atoms with Gasteiger partial charge in [0.1, 0.15) is 0 Å². The molecular weight excluding hydrogens is 217 g/mol. The summed E-state index contributed by atoms with van der Waals surface area (Å²) in [5.74, 6) is 0. The van der Waals surface area contributed by atoms with E-state index < -0.39 is 16.4 Å². The number of amides is 2. The standard InChI is InChI=1S/CH4N2O.H2O4S.Zn/c2-1(3)4;1-5(2,3)4;/h(H4,2,3,4);(H2,1,2,3,4);/q;;+2/p-2. The van der Waals surface area contributed by atoms with E-state index in [0.29, 0.717) is 0 Å². The fraction of sp³-hybridized carbons (Fsp3) is 0. The molecule has 0 atom stereocenters. The van der Waals surface area contributed by atoms with Gasteiger partial charge in [0.25, 0.3) is 0 Å². The zero-order valence-corrected chi connectivity index (χ0v) is 8.59. The van der Waals surface area contributed by atoms with Gasteiger partial charge in [-0.25, -0.2) is 4.79 Å². The summed E-state index contributed by atoms with van der Waals surface area (Å²) in [6.45, 7) is 0. The van der Waals surface area contributed by atoms with Crippen LogP contribution in [0.5, 0.6) is 0 Å². The van der Waals surface area contributed by atoms with Crippen LogP contribution in [0.2, 0.25) is 0 Å². The molecule has 9 heteroatoms. The van der Waals surface area contributed by atoms with Crippen LogP contribution >= 0.6 is 0 Å². The first kappa shape index (κ1) is 16.4. The van der Waals surface area contributed by atoms with Gasteiger partial charge in [0.15, 0.2) is 0 Å². The number of nitrogens with two attached hydrogens (primary N) is 2. The Balaban J connectivity index is -0.0000000910. The molecule has 0 heterocycles. The topological polar surface area (TPSA) is 149 Å². The van der Waals surface area contributed by atoms with E-state index in [0.717, 1.165) is 0 Å². The van der Waals surface area contributed by atoms with E-state index in [9.17, 15) is 0 Å². The number of rotatable bonds is 0. The molecule has 0 aromatic carbocycles. The molecule has 0 saturated heterocycles. The van der Waals surface area contributed by atoms with Gasteiger partial charge in [-0.3, -0.25) is 8.42 Å². The minimum absolute atomic E-state index is 0. The SMILES string of the molecule is NC(N)=O.O=S(=O)([O-])[O-].[Zn+2]. The molecular formula is CH4N2O5SZn. The summed E-state index contributed by atoms with van der Waals surface area (Å²) >= 11 is 0. The Morgan fingerprint density at radius 2 is 1.20 bits per heavy atom. The van der Waals surface area contributed by atoms with Gasteiger partial charge in [-0.1, -0.05) is 0 Å². The van der Waals surface area contributed by atoms with Gasteiger partial charge in [0.05, 0.1) is 0 Å². The molecule has 0 fully saturated rings. The number of primary amides is 2. The summed E-state index contributed by atoms with van der Waals surface area (Å²) in [4.78, 5) is 9.00. The molecule has 0 radical (unpaired) electrons. The minimum atomic E-state index is -5.17. The van der Waals surface area contributed by atoms with Crippen molar-refractivity contribution in [3.05, 3.63) is 0 Å². The van der Waals surface area contributed by atoms with Crippen LogP contribution in [0.15, 0.2) is 0 Å². The van der Waals surface area contributed by atoms with Crippen molar-refractivity contribution in [1.29, 1.82) is 0 Å². The predicted octanol–water partition coefficient (Wildman–Crippen LogP) is -2.32. The Morgan fingerprint density at radius 3 is 1.20 bits per heavy atom. The fourth-order valence-corrected chi connectivity index (χ4v) is 0. The van der Waals surface area contributed by atoms with Crippen LogP contribution in [0.25, 0.3) is 0 Å². The second kappa shape index (κ2) is 6.88. The van der Waals surface area contributed by atoms with E-state index in [1.165, 1.54) is 0 Å². The Hall–Kier alpha value is -0.237. The molecule has 2 amide bonds. The zero-order valence-electron chi connectivity index (χ0n) is 4.81. The Labute approximate surface area is 70.1 Å². The molecule has 56 valence electrons. The first-order valence-corrected chi connectivity index (χ1v) is 2.78. The van der Waals surface area contributed by atoms with E-state index in [2.05, 4.69) is 11.5 Å². The number of hydrogen-bond donors (Lipinski definition) is 2. The van der Waals surface area contributed by atoms with E-state index in [4.69, 9.17) is 22.3 Å². The third kappa shape index (κ3) is 6340.